The molecule has 2 N–H and O–H groups in total. The van der Waals surface area contributed by atoms with Crippen molar-refractivity contribution < 1.29 is 19.1 Å². The van der Waals surface area contributed by atoms with Gasteiger partial charge in [-0.3, -0.25) is 24.2 Å². The second-order valence-corrected chi connectivity index (χ2v) is 13.0. The zero-order chi connectivity index (χ0) is 33.2. The third-order valence-corrected chi connectivity index (χ3v) is 9.82. The molecule has 47 heavy (non-hydrogen) atoms. The van der Waals surface area contributed by atoms with Crippen LogP contribution in [-0.4, -0.2) is 82.3 Å². The maximum absolute atomic E-state index is 14.3. The topological polar surface area (TPSA) is 122 Å². The predicted molar refractivity (Wildman–Crippen MR) is 181 cm³/mol. The predicted octanol–water partition coefficient (Wildman–Crippen LogP) is 3.83. The molecule has 11 nitrogen and oxygen atoms in total. The lowest BCUT2D eigenvalue weighted by molar-refractivity contribution is -0.121. The van der Waals surface area contributed by atoms with Crippen LogP contribution in [0.1, 0.15) is 52.0 Å². The minimum Gasteiger partial charge on any atom is -0.378 e. The molecule has 0 aliphatic carbocycles. The van der Waals surface area contributed by atoms with E-state index in [0.29, 0.717) is 31.1 Å². The van der Waals surface area contributed by atoms with Gasteiger partial charge in [0.1, 0.15) is 17.6 Å². The lowest BCUT2D eigenvalue weighted by Crippen LogP contribution is -2.55. The number of thiazole rings is 1. The van der Waals surface area contributed by atoms with Crippen molar-refractivity contribution in [1.29, 1.82) is 0 Å². The number of fused-ring (bicyclic) bond motifs is 1. The van der Waals surface area contributed by atoms with Gasteiger partial charge < -0.3 is 15.4 Å². The number of amides is 3. The van der Waals surface area contributed by atoms with Crippen molar-refractivity contribution in [3.05, 3.63) is 106 Å². The number of hydrogen-bond donors (Lipinski definition) is 2. The molecule has 1 fully saturated rings. The van der Waals surface area contributed by atoms with Crippen LogP contribution in [0, 0.1) is 6.92 Å². The standard InChI is InChI=1S/C35H39N7O4S/c1-6-41-34-28(17-37-42(34)26-13-8-7-9-14-26)30(31(35(41)45)39-33(44)29-20-47-23(4)38-29)25-12-10-11-24(15-25)16-36-32(43)21(2)22(3)40(5)27-18-46-19-27/h7-15,17,20,22,27,30-31H,2,6,16,18-19H2,1,3-5H3,(H,36,43)(H,39,44)/t22?,30-,31+/m1/s1. The molecule has 0 spiro atoms. The average Bonchev–Trinajstić information content (AvgIpc) is 3.69. The summed E-state index contributed by atoms with van der Waals surface area (Å²) in [7, 11) is 1.98. The number of carbonyl (C=O) groups is 3. The van der Waals surface area contributed by atoms with Crippen molar-refractivity contribution in [2.24, 2.45) is 0 Å². The molecule has 0 radical (unpaired) electrons. The Balaban J connectivity index is 1.32. The first-order valence-electron chi connectivity index (χ1n) is 15.7. The first-order valence-corrected chi connectivity index (χ1v) is 16.6. The molecule has 244 valence electrons. The van der Waals surface area contributed by atoms with Crippen molar-refractivity contribution >= 4 is 34.9 Å². The molecule has 3 amide bonds. The van der Waals surface area contributed by atoms with E-state index in [9.17, 15) is 14.4 Å². The molecule has 6 rings (SSSR count). The van der Waals surface area contributed by atoms with Gasteiger partial charge in [0, 0.05) is 41.6 Å². The Morgan fingerprint density at radius 1 is 1.17 bits per heavy atom. The summed E-state index contributed by atoms with van der Waals surface area (Å²) in [5.41, 5.74) is 4.04. The van der Waals surface area contributed by atoms with Crippen LogP contribution in [0.25, 0.3) is 5.69 Å². The summed E-state index contributed by atoms with van der Waals surface area (Å²) in [6.07, 6.45) is 1.78. The molecular weight excluding hydrogens is 614 g/mol. The molecule has 12 heteroatoms. The Morgan fingerprint density at radius 2 is 1.94 bits per heavy atom. The Morgan fingerprint density at radius 3 is 2.60 bits per heavy atom. The number of benzene rings is 2. The summed E-state index contributed by atoms with van der Waals surface area (Å²) in [6.45, 7) is 11.7. The van der Waals surface area contributed by atoms with Crippen LogP contribution in [0.4, 0.5) is 5.82 Å². The van der Waals surface area contributed by atoms with Gasteiger partial charge in [-0.2, -0.15) is 5.10 Å². The molecule has 1 unspecified atom stereocenters. The van der Waals surface area contributed by atoms with E-state index >= 15 is 0 Å². The second-order valence-electron chi connectivity index (χ2n) is 11.9. The van der Waals surface area contributed by atoms with Gasteiger partial charge in [-0.1, -0.05) is 49.0 Å². The summed E-state index contributed by atoms with van der Waals surface area (Å²) in [5, 5.41) is 13.2. The largest absolute Gasteiger partial charge is 0.378 e. The summed E-state index contributed by atoms with van der Waals surface area (Å²) in [4.78, 5) is 49.0. The summed E-state index contributed by atoms with van der Waals surface area (Å²) in [6, 6.07) is 16.6. The molecule has 2 aliphatic rings. The Labute approximate surface area is 278 Å². The van der Waals surface area contributed by atoms with E-state index in [0.717, 1.165) is 27.4 Å². The third kappa shape index (κ3) is 6.36. The van der Waals surface area contributed by atoms with E-state index in [1.807, 2.05) is 82.4 Å². The summed E-state index contributed by atoms with van der Waals surface area (Å²) >= 11 is 1.38. The maximum atomic E-state index is 14.3. The van der Waals surface area contributed by atoms with E-state index in [1.54, 1.807) is 21.2 Å². The molecule has 0 bridgehead atoms. The molecular formula is C35H39N7O4S. The number of aryl methyl sites for hydroxylation is 1. The number of nitrogens with zero attached hydrogens (tertiary/aromatic N) is 5. The fourth-order valence-corrected chi connectivity index (χ4v) is 6.70. The molecule has 1 saturated heterocycles. The minimum absolute atomic E-state index is 0.143. The van der Waals surface area contributed by atoms with Crippen molar-refractivity contribution in [1.82, 2.24) is 30.3 Å². The molecule has 3 atom stereocenters. The van der Waals surface area contributed by atoms with Crippen LogP contribution in [0.2, 0.25) is 0 Å². The van der Waals surface area contributed by atoms with Crippen LogP contribution in [-0.2, 0) is 20.9 Å². The Kier molecular flexibility index (Phi) is 9.35. The number of rotatable bonds is 11. The zero-order valence-electron chi connectivity index (χ0n) is 27.0. The highest BCUT2D eigenvalue weighted by atomic mass is 32.1. The van der Waals surface area contributed by atoms with Gasteiger partial charge in [0.25, 0.3) is 11.8 Å². The number of aromatic nitrogens is 3. The van der Waals surface area contributed by atoms with E-state index in [1.165, 1.54) is 11.3 Å². The number of carbonyl (C=O) groups excluding carboxylic acids is 3. The lowest BCUT2D eigenvalue weighted by atomic mass is 9.82. The number of para-hydroxylation sites is 1. The van der Waals surface area contributed by atoms with E-state index in [2.05, 4.69) is 27.1 Å². The highest BCUT2D eigenvalue weighted by molar-refractivity contribution is 7.09. The minimum atomic E-state index is -0.915. The Bertz CT molecular complexity index is 1800. The second kappa shape index (κ2) is 13.6. The van der Waals surface area contributed by atoms with Crippen LogP contribution >= 0.6 is 11.3 Å². The number of ether oxygens (including phenoxy) is 1. The van der Waals surface area contributed by atoms with Gasteiger partial charge >= 0.3 is 0 Å². The van der Waals surface area contributed by atoms with Gasteiger partial charge in [0.15, 0.2) is 0 Å². The van der Waals surface area contributed by atoms with Crippen molar-refractivity contribution in [2.45, 2.75) is 51.4 Å². The zero-order valence-corrected chi connectivity index (χ0v) is 27.8. The Hall–Kier alpha value is -4.65. The van der Waals surface area contributed by atoms with E-state index in [-0.39, 0.29) is 36.1 Å². The van der Waals surface area contributed by atoms with Gasteiger partial charge in [-0.05, 0) is 51.1 Å². The molecule has 2 aromatic carbocycles. The van der Waals surface area contributed by atoms with Crippen LogP contribution in [0.15, 0.2) is 78.3 Å². The van der Waals surface area contributed by atoms with Crippen molar-refractivity contribution in [3.8, 4) is 5.69 Å². The molecule has 0 saturated carbocycles. The first kappa shape index (κ1) is 32.3. The SMILES string of the molecule is C=C(C(=O)NCc1cccc([C@@H]2c3cnn(-c4ccccc4)c3N(CC)C(=O)[C@H]2NC(=O)c2csc(C)n2)c1)C(C)N(C)C1COC1. The van der Waals surface area contributed by atoms with Gasteiger partial charge in [-0.25, -0.2) is 9.67 Å². The first-order chi connectivity index (χ1) is 22.7. The third-order valence-electron chi connectivity index (χ3n) is 9.05. The average molecular weight is 654 g/mol. The van der Waals surface area contributed by atoms with Gasteiger partial charge in [0.05, 0.1) is 36.1 Å². The van der Waals surface area contributed by atoms with Gasteiger partial charge in [0.2, 0.25) is 5.91 Å². The normalized spacial score (nSPS) is 18.4. The highest BCUT2D eigenvalue weighted by Gasteiger charge is 2.44. The maximum Gasteiger partial charge on any atom is 0.271 e. The van der Waals surface area contributed by atoms with E-state index < -0.39 is 17.9 Å². The number of likely N-dealkylation sites (N-methyl/N-ethyl adjacent to an activating group) is 2. The lowest BCUT2D eigenvalue weighted by Gasteiger charge is -2.38. The number of nitrogens with one attached hydrogen (secondary N) is 2. The summed E-state index contributed by atoms with van der Waals surface area (Å²) in [5.74, 6) is -0.772. The smallest absolute Gasteiger partial charge is 0.271 e. The molecule has 4 heterocycles. The van der Waals surface area contributed by atoms with Crippen LogP contribution in [0.3, 0.4) is 0 Å². The van der Waals surface area contributed by atoms with Gasteiger partial charge in [-0.15, -0.1) is 11.3 Å². The summed E-state index contributed by atoms with van der Waals surface area (Å²) < 4.78 is 7.08. The number of hydrogen-bond acceptors (Lipinski definition) is 8. The fraction of sp³-hybridized carbons (Fsp3) is 0.343. The molecule has 2 aliphatic heterocycles. The van der Waals surface area contributed by atoms with Crippen molar-refractivity contribution in [3.63, 3.8) is 0 Å². The monoisotopic (exact) mass is 653 g/mol. The highest BCUT2D eigenvalue weighted by Crippen LogP contribution is 2.41. The van der Waals surface area contributed by atoms with Crippen LogP contribution in [0.5, 0.6) is 0 Å². The van der Waals surface area contributed by atoms with Crippen molar-refractivity contribution in [2.75, 3.05) is 31.7 Å². The van der Waals surface area contributed by atoms with Crippen LogP contribution < -0.4 is 15.5 Å². The fourth-order valence-electron chi connectivity index (χ4n) is 6.10. The molecule has 2 aromatic heterocycles. The quantitative estimate of drug-likeness (QED) is 0.236. The number of anilines is 1. The van der Waals surface area contributed by atoms with E-state index in [4.69, 9.17) is 9.84 Å². The molecule has 4 aromatic rings.